The third-order valence-corrected chi connectivity index (χ3v) is 4.73. The number of Topliss-reactive ketones (excluding diaryl/α,β-unsaturated/α-hetero) is 1. The van der Waals surface area contributed by atoms with E-state index in [9.17, 15) is 4.79 Å². The van der Waals surface area contributed by atoms with Crippen LogP contribution >= 0.6 is 0 Å². The number of hydrogen-bond donors (Lipinski definition) is 0. The summed E-state index contributed by atoms with van der Waals surface area (Å²) in [6, 6.07) is 16.3. The predicted molar refractivity (Wildman–Crippen MR) is 81.8 cm³/mol. The molecule has 1 saturated carbocycles. The van der Waals surface area contributed by atoms with Crippen molar-refractivity contribution in [1.82, 2.24) is 0 Å². The lowest BCUT2D eigenvalue weighted by Gasteiger charge is -2.34. The third-order valence-electron chi connectivity index (χ3n) is 4.73. The maximum atomic E-state index is 12.5. The van der Waals surface area contributed by atoms with E-state index >= 15 is 0 Å². The Labute approximate surface area is 124 Å². The van der Waals surface area contributed by atoms with Crippen molar-refractivity contribution in [3.63, 3.8) is 0 Å². The monoisotopic (exact) mass is 278 g/mol. The van der Waals surface area contributed by atoms with E-state index in [-0.39, 0.29) is 11.8 Å². The lowest BCUT2D eigenvalue weighted by molar-refractivity contribution is -0.125. The molecule has 2 aromatic rings. The molecule has 0 amide bonds. The molecule has 1 unspecified atom stereocenters. The van der Waals surface area contributed by atoms with Crippen LogP contribution in [0.3, 0.4) is 0 Å². The van der Waals surface area contributed by atoms with E-state index in [2.05, 4.69) is 12.1 Å². The molecule has 1 atom stereocenters. The molecule has 2 nitrogen and oxygen atoms in total. The Morgan fingerprint density at radius 1 is 0.857 bits per heavy atom. The van der Waals surface area contributed by atoms with Gasteiger partial charge in [0.2, 0.25) is 0 Å². The van der Waals surface area contributed by atoms with E-state index in [4.69, 9.17) is 4.74 Å². The summed E-state index contributed by atoms with van der Waals surface area (Å²) in [6.07, 6.45) is 3.92. The summed E-state index contributed by atoms with van der Waals surface area (Å²) in [5.74, 6) is 2.47. The summed E-state index contributed by atoms with van der Waals surface area (Å²) >= 11 is 0. The summed E-state index contributed by atoms with van der Waals surface area (Å²) in [5.41, 5.74) is 2.33. The predicted octanol–water partition coefficient (Wildman–Crippen LogP) is 4.68. The number of fused-ring (bicyclic) bond motifs is 2. The van der Waals surface area contributed by atoms with Gasteiger partial charge in [-0.15, -0.1) is 0 Å². The van der Waals surface area contributed by atoms with E-state index < -0.39 is 0 Å². The van der Waals surface area contributed by atoms with E-state index in [0.717, 1.165) is 48.3 Å². The minimum absolute atomic E-state index is 0.102. The van der Waals surface area contributed by atoms with Crippen LogP contribution in [0, 0.1) is 5.92 Å². The number of rotatable bonds is 1. The Kier molecular flexibility index (Phi) is 3.03. The topological polar surface area (TPSA) is 26.3 Å². The van der Waals surface area contributed by atoms with Crippen LogP contribution < -0.4 is 4.74 Å². The molecule has 1 heterocycles. The van der Waals surface area contributed by atoms with Crippen LogP contribution in [0.25, 0.3) is 0 Å². The molecule has 2 heteroatoms. The van der Waals surface area contributed by atoms with Crippen molar-refractivity contribution in [2.24, 2.45) is 5.92 Å². The molecule has 1 fully saturated rings. The third kappa shape index (κ3) is 2.06. The maximum Gasteiger partial charge on any atom is 0.136 e. The molecule has 0 N–H and O–H groups in total. The van der Waals surface area contributed by atoms with Gasteiger partial charge in [-0.2, -0.15) is 0 Å². The lowest BCUT2D eigenvalue weighted by atomic mass is 9.72. The van der Waals surface area contributed by atoms with Crippen LogP contribution in [0.4, 0.5) is 0 Å². The van der Waals surface area contributed by atoms with Crippen molar-refractivity contribution < 1.29 is 9.53 Å². The molecule has 106 valence electrons. The average molecular weight is 278 g/mol. The smallest absolute Gasteiger partial charge is 0.136 e. The van der Waals surface area contributed by atoms with Crippen molar-refractivity contribution in [3.8, 4) is 11.5 Å². The normalized spacial score (nSPS) is 21.3. The van der Waals surface area contributed by atoms with E-state index in [1.54, 1.807) is 0 Å². The zero-order chi connectivity index (χ0) is 14.2. The second kappa shape index (κ2) is 5.03. The fourth-order valence-corrected chi connectivity index (χ4v) is 3.74. The Balaban J connectivity index is 1.87. The fourth-order valence-electron chi connectivity index (χ4n) is 3.74. The van der Waals surface area contributed by atoms with Gasteiger partial charge >= 0.3 is 0 Å². The molecule has 21 heavy (non-hydrogen) atoms. The second-order valence-electron chi connectivity index (χ2n) is 5.97. The minimum atomic E-state index is 0.102. The highest BCUT2D eigenvalue weighted by Crippen LogP contribution is 2.49. The van der Waals surface area contributed by atoms with Gasteiger partial charge in [-0.05, 0) is 25.0 Å². The van der Waals surface area contributed by atoms with Gasteiger partial charge < -0.3 is 4.74 Å². The summed E-state index contributed by atoms with van der Waals surface area (Å²) in [6.45, 7) is 0. The molecule has 2 aromatic carbocycles. The Bertz CT molecular complexity index is 644. The van der Waals surface area contributed by atoms with Gasteiger partial charge in [0.1, 0.15) is 17.3 Å². The molecule has 4 rings (SSSR count). The number of hydrogen-bond acceptors (Lipinski definition) is 2. The van der Waals surface area contributed by atoms with Gasteiger partial charge in [-0.3, -0.25) is 4.79 Å². The quantitative estimate of drug-likeness (QED) is 0.757. The number of para-hydroxylation sites is 2. The van der Waals surface area contributed by atoms with Gasteiger partial charge in [0.05, 0.1) is 0 Å². The standard InChI is InChI=1S/C19H18O2/c20-16-10-4-1-7-13(16)19-14-8-2-5-11-17(14)21-18-12-6-3-9-15(18)19/h2-3,5-6,8-9,11-13,19H,1,4,7,10H2. The Hall–Kier alpha value is -2.09. The maximum absolute atomic E-state index is 12.5. The number of benzene rings is 2. The van der Waals surface area contributed by atoms with Gasteiger partial charge in [-0.1, -0.05) is 42.8 Å². The van der Waals surface area contributed by atoms with Crippen molar-refractivity contribution >= 4 is 5.78 Å². The summed E-state index contributed by atoms with van der Waals surface area (Å²) < 4.78 is 6.02. The molecule has 0 bridgehead atoms. The first-order valence-corrected chi connectivity index (χ1v) is 7.73. The number of ether oxygens (including phenoxy) is 1. The molecule has 0 radical (unpaired) electrons. The Morgan fingerprint density at radius 2 is 1.48 bits per heavy atom. The average Bonchev–Trinajstić information content (AvgIpc) is 2.53. The zero-order valence-electron chi connectivity index (χ0n) is 11.9. The lowest BCUT2D eigenvalue weighted by Crippen LogP contribution is -2.28. The second-order valence-corrected chi connectivity index (χ2v) is 5.97. The number of carbonyl (C=O) groups is 1. The number of ketones is 1. The van der Waals surface area contributed by atoms with Crippen molar-refractivity contribution in [2.75, 3.05) is 0 Å². The van der Waals surface area contributed by atoms with Crippen LogP contribution in [0.1, 0.15) is 42.7 Å². The SMILES string of the molecule is O=C1CCCCC1C1c2ccccc2Oc2ccccc21. The molecule has 2 aliphatic rings. The van der Waals surface area contributed by atoms with Crippen LogP contribution in [0.2, 0.25) is 0 Å². The summed E-state index contributed by atoms with van der Waals surface area (Å²) in [5, 5.41) is 0. The van der Waals surface area contributed by atoms with Gasteiger partial charge in [0, 0.05) is 29.4 Å². The zero-order valence-corrected chi connectivity index (χ0v) is 11.9. The first kappa shape index (κ1) is 12.6. The highest BCUT2D eigenvalue weighted by Gasteiger charge is 2.37. The van der Waals surface area contributed by atoms with Gasteiger partial charge in [0.25, 0.3) is 0 Å². The largest absolute Gasteiger partial charge is 0.457 e. The molecule has 0 aromatic heterocycles. The molecule has 1 aliphatic carbocycles. The van der Waals surface area contributed by atoms with E-state index in [1.807, 2.05) is 36.4 Å². The molecular formula is C19H18O2. The van der Waals surface area contributed by atoms with Crippen LogP contribution in [0.15, 0.2) is 48.5 Å². The molecular weight excluding hydrogens is 260 g/mol. The summed E-state index contributed by atoms with van der Waals surface area (Å²) in [7, 11) is 0. The first-order chi connectivity index (χ1) is 10.3. The minimum Gasteiger partial charge on any atom is -0.457 e. The summed E-state index contributed by atoms with van der Waals surface area (Å²) in [4.78, 5) is 12.5. The van der Waals surface area contributed by atoms with Gasteiger partial charge in [0.15, 0.2) is 0 Å². The Morgan fingerprint density at radius 3 is 2.10 bits per heavy atom. The van der Waals surface area contributed by atoms with E-state index in [0.29, 0.717) is 5.78 Å². The molecule has 0 spiro atoms. The van der Waals surface area contributed by atoms with E-state index in [1.165, 1.54) is 0 Å². The van der Waals surface area contributed by atoms with Crippen molar-refractivity contribution in [3.05, 3.63) is 59.7 Å². The van der Waals surface area contributed by atoms with Gasteiger partial charge in [-0.25, -0.2) is 0 Å². The fraction of sp³-hybridized carbons (Fsp3) is 0.316. The van der Waals surface area contributed by atoms with Crippen LogP contribution in [0.5, 0.6) is 11.5 Å². The van der Waals surface area contributed by atoms with Crippen molar-refractivity contribution in [1.29, 1.82) is 0 Å². The van der Waals surface area contributed by atoms with Crippen LogP contribution in [-0.2, 0) is 4.79 Å². The molecule has 1 aliphatic heterocycles. The molecule has 0 saturated heterocycles. The van der Waals surface area contributed by atoms with Crippen LogP contribution in [-0.4, -0.2) is 5.78 Å². The number of carbonyl (C=O) groups excluding carboxylic acids is 1. The first-order valence-electron chi connectivity index (χ1n) is 7.73. The van der Waals surface area contributed by atoms with Crippen molar-refractivity contribution in [2.45, 2.75) is 31.6 Å². The highest BCUT2D eigenvalue weighted by molar-refractivity contribution is 5.84. The highest BCUT2D eigenvalue weighted by atomic mass is 16.5.